The standard InChI is InChI=1S/C12H12F2O/c13-10-6-9(7-11(14)8-10)12(15)4-2-1-3-5-12/h2,4,6-8,15H,1,3,5H2. The predicted octanol–water partition coefficient (Wildman–Crippen LogP) is 2.89. The lowest BCUT2D eigenvalue weighted by Gasteiger charge is -2.28. The van der Waals surface area contributed by atoms with Gasteiger partial charge in [0.1, 0.15) is 17.2 Å². The molecule has 2 rings (SSSR count). The molecule has 0 amide bonds. The molecule has 1 unspecified atom stereocenters. The van der Waals surface area contributed by atoms with Crippen LogP contribution >= 0.6 is 0 Å². The maximum Gasteiger partial charge on any atom is 0.126 e. The third-order valence-corrected chi connectivity index (χ3v) is 2.68. The van der Waals surface area contributed by atoms with Crippen LogP contribution in [0.1, 0.15) is 24.8 Å². The minimum Gasteiger partial charge on any atom is -0.381 e. The highest BCUT2D eigenvalue weighted by Crippen LogP contribution is 2.32. The monoisotopic (exact) mass is 210 g/mol. The van der Waals surface area contributed by atoms with Crippen molar-refractivity contribution in [2.75, 3.05) is 0 Å². The van der Waals surface area contributed by atoms with Crippen LogP contribution in [0.4, 0.5) is 8.78 Å². The molecular formula is C12H12F2O. The molecule has 80 valence electrons. The summed E-state index contributed by atoms with van der Waals surface area (Å²) in [6.07, 6.45) is 5.69. The maximum absolute atomic E-state index is 13.0. The fourth-order valence-electron chi connectivity index (χ4n) is 1.90. The molecule has 0 aromatic heterocycles. The van der Waals surface area contributed by atoms with E-state index in [9.17, 15) is 13.9 Å². The first-order chi connectivity index (χ1) is 7.10. The van der Waals surface area contributed by atoms with Crippen LogP contribution in [-0.2, 0) is 5.60 Å². The lowest BCUT2D eigenvalue weighted by Crippen LogP contribution is -2.25. The van der Waals surface area contributed by atoms with Crippen molar-refractivity contribution in [2.45, 2.75) is 24.9 Å². The molecule has 0 fully saturated rings. The summed E-state index contributed by atoms with van der Waals surface area (Å²) in [5.74, 6) is -1.31. The second kappa shape index (κ2) is 3.74. The van der Waals surface area contributed by atoms with Crippen molar-refractivity contribution in [3.05, 3.63) is 47.5 Å². The van der Waals surface area contributed by atoms with Crippen LogP contribution in [0.5, 0.6) is 0 Å². The molecule has 0 radical (unpaired) electrons. The number of aliphatic hydroxyl groups is 1. The summed E-state index contributed by atoms with van der Waals surface area (Å²) < 4.78 is 26.0. The van der Waals surface area contributed by atoms with Crippen molar-refractivity contribution in [1.29, 1.82) is 0 Å². The SMILES string of the molecule is OC1(c2cc(F)cc(F)c2)C=CCCC1. The summed E-state index contributed by atoms with van der Waals surface area (Å²) >= 11 is 0. The van der Waals surface area contributed by atoms with Gasteiger partial charge < -0.3 is 5.11 Å². The lowest BCUT2D eigenvalue weighted by atomic mass is 9.84. The van der Waals surface area contributed by atoms with Crippen LogP contribution < -0.4 is 0 Å². The molecule has 1 aliphatic rings. The van der Waals surface area contributed by atoms with Gasteiger partial charge >= 0.3 is 0 Å². The first kappa shape index (κ1) is 10.3. The van der Waals surface area contributed by atoms with Gasteiger partial charge in [-0.1, -0.05) is 12.2 Å². The minimum atomic E-state index is -1.21. The highest BCUT2D eigenvalue weighted by atomic mass is 19.1. The smallest absolute Gasteiger partial charge is 0.126 e. The van der Waals surface area contributed by atoms with E-state index in [1.165, 1.54) is 12.1 Å². The van der Waals surface area contributed by atoms with Gasteiger partial charge in [0.15, 0.2) is 0 Å². The first-order valence-electron chi connectivity index (χ1n) is 4.97. The van der Waals surface area contributed by atoms with Gasteiger partial charge in [0.2, 0.25) is 0 Å². The van der Waals surface area contributed by atoms with Gasteiger partial charge in [-0.2, -0.15) is 0 Å². The zero-order chi connectivity index (χ0) is 10.9. The van der Waals surface area contributed by atoms with Crippen molar-refractivity contribution >= 4 is 0 Å². The van der Waals surface area contributed by atoms with Crippen molar-refractivity contribution in [3.63, 3.8) is 0 Å². The second-order valence-corrected chi connectivity index (χ2v) is 3.88. The highest BCUT2D eigenvalue weighted by Gasteiger charge is 2.28. The van der Waals surface area contributed by atoms with Gasteiger partial charge in [-0.3, -0.25) is 0 Å². The molecule has 0 aliphatic heterocycles. The third-order valence-electron chi connectivity index (χ3n) is 2.68. The van der Waals surface area contributed by atoms with E-state index in [1.54, 1.807) is 6.08 Å². The number of allylic oxidation sites excluding steroid dienone is 1. The Morgan fingerprint density at radius 2 is 1.80 bits per heavy atom. The van der Waals surface area contributed by atoms with Crippen molar-refractivity contribution in [2.24, 2.45) is 0 Å². The molecular weight excluding hydrogens is 198 g/mol. The Balaban J connectivity index is 2.43. The van der Waals surface area contributed by atoms with Crippen LogP contribution in [0.3, 0.4) is 0 Å². The average Bonchev–Trinajstić information content (AvgIpc) is 2.17. The van der Waals surface area contributed by atoms with Crippen LogP contribution in [0.25, 0.3) is 0 Å². The molecule has 0 saturated heterocycles. The van der Waals surface area contributed by atoms with Gasteiger partial charge in [-0.15, -0.1) is 0 Å². The van der Waals surface area contributed by atoms with E-state index in [4.69, 9.17) is 0 Å². The Kier molecular flexibility index (Phi) is 2.57. The van der Waals surface area contributed by atoms with Crippen LogP contribution in [0.2, 0.25) is 0 Å². The molecule has 1 aromatic carbocycles. The summed E-state index contributed by atoms with van der Waals surface area (Å²) in [6.45, 7) is 0. The Bertz CT molecular complexity index is 380. The van der Waals surface area contributed by atoms with Gasteiger partial charge in [0.05, 0.1) is 0 Å². The maximum atomic E-state index is 13.0. The Labute approximate surface area is 87.1 Å². The van der Waals surface area contributed by atoms with E-state index in [0.717, 1.165) is 18.9 Å². The third kappa shape index (κ3) is 2.07. The largest absolute Gasteiger partial charge is 0.381 e. The number of rotatable bonds is 1. The zero-order valence-electron chi connectivity index (χ0n) is 8.21. The Morgan fingerprint density at radius 1 is 1.13 bits per heavy atom. The Hall–Kier alpha value is -1.22. The van der Waals surface area contributed by atoms with Crippen molar-refractivity contribution in [1.82, 2.24) is 0 Å². The zero-order valence-corrected chi connectivity index (χ0v) is 8.21. The molecule has 0 heterocycles. The van der Waals surface area contributed by atoms with Gasteiger partial charge in [0, 0.05) is 6.07 Å². The minimum absolute atomic E-state index is 0.288. The fraction of sp³-hybridized carbons (Fsp3) is 0.333. The molecule has 1 aliphatic carbocycles. The molecule has 0 bridgehead atoms. The molecule has 1 atom stereocenters. The summed E-state index contributed by atoms with van der Waals surface area (Å²) in [5.41, 5.74) is -0.919. The predicted molar refractivity (Wildman–Crippen MR) is 53.2 cm³/mol. The number of hydrogen-bond acceptors (Lipinski definition) is 1. The van der Waals surface area contributed by atoms with E-state index < -0.39 is 17.2 Å². The van der Waals surface area contributed by atoms with Crippen molar-refractivity contribution < 1.29 is 13.9 Å². The molecule has 3 heteroatoms. The Morgan fingerprint density at radius 3 is 2.33 bits per heavy atom. The topological polar surface area (TPSA) is 20.2 Å². The van der Waals surface area contributed by atoms with Crippen LogP contribution in [0, 0.1) is 11.6 Å². The van der Waals surface area contributed by atoms with Crippen molar-refractivity contribution in [3.8, 4) is 0 Å². The molecule has 0 saturated carbocycles. The summed E-state index contributed by atoms with van der Waals surface area (Å²) in [5, 5.41) is 10.2. The second-order valence-electron chi connectivity index (χ2n) is 3.88. The van der Waals surface area contributed by atoms with E-state index in [1.807, 2.05) is 6.08 Å². The quantitative estimate of drug-likeness (QED) is 0.706. The average molecular weight is 210 g/mol. The van der Waals surface area contributed by atoms with Crippen LogP contribution in [0.15, 0.2) is 30.4 Å². The van der Waals surface area contributed by atoms with E-state index in [-0.39, 0.29) is 5.56 Å². The molecule has 1 nitrogen and oxygen atoms in total. The number of benzene rings is 1. The molecule has 0 spiro atoms. The van der Waals surface area contributed by atoms with Gasteiger partial charge in [-0.05, 0) is 37.0 Å². The normalized spacial score (nSPS) is 25.5. The molecule has 1 aromatic rings. The van der Waals surface area contributed by atoms with E-state index >= 15 is 0 Å². The van der Waals surface area contributed by atoms with E-state index in [0.29, 0.717) is 6.42 Å². The lowest BCUT2D eigenvalue weighted by molar-refractivity contribution is 0.0719. The summed E-state index contributed by atoms with van der Waals surface area (Å²) in [4.78, 5) is 0. The molecule has 15 heavy (non-hydrogen) atoms. The number of hydrogen-bond donors (Lipinski definition) is 1. The summed E-state index contributed by atoms with van der Waals surface area (Å²) in [6, 6.07) is 3.16. The highest BCUT2D eigenvalue weighted by molar-refractivity contribution is 5.29. The molecule has 1 N–H and O–H groups in total. The fourth-order valence-corrected chi connectivity index (χ4v) is 1.90. The van der Waals surface area contributed by atoms with Gasteiger partial charge in [-0.25, -0.2) is 8.78 Å². The first-order valence-corrected chi connectivity index (χ1v) is 4.97. The van der Waals surface area contributed by atoms with Gasteiger partial charge in [0.25, 0.3) is 0 Å². The van der Waals surface area contributed by atoms with E-state index in [2.05, 4.69) is 0 Å². The number of halogens is 2. The van der Waals surface area contributed by atoms with Crippen LogP contribution in [-0.4, -0.2) is 5.11 Å². The summed E-state index contributed by atoms with van der Waals surface area (Å²) in [7, 11) is 0.